The van der Waals surface area contributed by atoms with E-state index in [1.807, 2.05) is 75.4 Å². The molecule has 5 aromatic rings. The van der Waals surface area contributed by atoms with Gasteiger partial charge in [-0.3, -0.25) is 19.2 Å². The Hall–Kier alpha value is -6.79. The molecule has 0 aliphatic carbocycles. The van der Waals surface area contributed by atoms with Crippen LogP contribution in [0.2, 0.25) is 0 Å². The number of aromatic nitrogens is 3. The van der Waals surface area contributed by atoms with Gasteiger partial charge in [-0.15, -0.1) is 21.5 Å². The number of nitrogens with one attached hydrogen (secondary N) is 2. The van der Waals surface area contributed by atoms with Crippen LogP contribution in [0, 0.1) is 12.3 Å². The van der Waals surface area contributed by atoms with Crippen LogP contribution < -0.4 is 30.9 Å². The summed E-state index contributed by atoms with van der Waals surface area (Å²) < 4.78 is 6.38. The first-order valence-corrected chi connectivity index (χ1v) is 26.4. The largest absolute Gasteiger partial charge is 0.507 e. The smallest absolute Gasteiger partial charge is 0.246 e. The summed E-state index contributed by atoms with van der Waals surface area (Å²) in [6.45, 7) is 13.8. The second kappa shape index (κ2) is 23.4. The molecule has 18 heteroatoms. The van der Waals surface area contributed by atoms with Crippen LogP contribution in [0.3, 0.4) is 0 Å². The van der Waals surface area contributed by atoms with Crippen LogP contribution in [-0.4, -0.2) is 129 Å². The SMILES string of the molecule is Cc1ncsc1-c1ccc(C(C)NC(=O)C2CC(O)CN2C(=O)C(NC(=O)CCCCCC(=O)N2CCN(c3ccc(N4CCCC(Oc5cc(-c6ccccc6O)nnc5N)C4)cc3)CC2)C(C)(C)C)cc1. The minimum Gasteiger partial charge on any atom is -0.507 e. The number of hydrogen-bond acceptors (Lipinski definition) is 14. The fourth-order valence-corrected chi connectivity index (χ4v) is 10.8. The Kier molecular flexibility index (Phi) is 16.8. The fraction of sp³-hybridized carbons (Fsp3) is 0.473. The molecule has 3 saturated heterocycles. The lowest BCUT2D eigenvalue weighted by molar-refractivity contribution is -0.144. The Labute approximate surface area is 432 Å². The zero-order chi connectivity index (χ0) is 51.8. The van der Waals surface area contributed by atoms with Crippen LogP contribution >= 0.6 is 11.3 Å². The Morgan fingerprint density at radius 3 is 2.25 bits per heavy atom. The van der Waals surface area contributed by atoms with Gasteiger partial charge in [-0.1, -0.05) is 63.6 Å². The Bertz CT molecular complexity index is 2700. The standard InChI is InChI=1S/C55H70N10O7S/c1-35(37-17-19-38(20-18-37)50-36(2)57-34-73-50)58-53(70)45-30-41(66)32-65(45)54(71)51(55(3,4)5)59-48(68)15-7-6-8-16-49(69)63-28-26-62(27-29-63)39-21-23-40(24-22-39)64-25-11-12-42(33-64)72-47-31-44(60-61-52(47)56)43-13-9-10-14-46(43)67/h9-10,13-14,17-24,31,34-35,41-42,45,51,66-67H,6-8,11-12,15-16,25-30,32-33H2,1-5H3,(H2,56,61)(H,58,70)(H,59,68). The number of β-amino-alcohol motifs (C(OH)–C–C–N with tert-alkyl or cyclic N) is 1. The molecule has 2 aromatic heterocycles. The summed E-state index contributed by atoms with van der Waals surface area (Å²) in [5, 5.41) is 35.3. The number of phenolic OH excluding ortho intramolecular Hbond substituents is 1. The molecule has 0 radical (unpaired) electrons. The van der Waals surface area contributed by atoms with Gasteiger partial charge in [0.15, 0.2) is 11.6 Å². The Morgan fingerprint density at radius 1 is 0.863 bits per heavy atom. The number of nitrogens with two attached hydrogens (primary N) is 1. The number of ether oxygens (including phenoxy) is 1. The number of hydrogen-bond donors (Lipinski definition) is 5. The van der Waals surface area contributed by atoms with Gasteiger partial charge in [0, 0.05) is 81.5 Å². The van der Waals surface area contributed by atoms with E-state index in [2.05, 4.69) is 59.9 Å². The highest BCUT2D eigenvalue weighted by Crippen LogP contribution is 2.34. The number of nitrogens with zero attached hydrogens (tertiary/aromatic N) is 7. The monoisotopic (exact) mass is 1010 g/mol. The molecule has 3 aliphatic heterocycles. The van der Waals surface area contributed by atoms with Gasteiger partial charge < -0.3 is 50.9 Å². The lowest BCUT2D eigenvalue weighted by Gasteiger charge is -2.37. The van der Waals surface area contributed by atoms with E-state index >= 15 is 0 Å². The quantitative estimate of drug-likeness (QED) is 0.0601. The third kappa shape index (κ3) is 13.1. The second-order valence-electron chi connectivity index (χ2n) is 20.7. The van der Waals surface area contributed by atoms with E-state index in [1.54, 1.807) is 35.6 Å². The predicted octanol–water partition coefficient (Wildman–Crippen LogP) is 6.88. The van der Waals surface area contributed by atoms with E-state index in [0.717, 1.165) is 65.5 Å². The minimum absolute atomic E-state index is 0.000153. The van der Waals surface area contributed by atoms with E-state index in [1.165, 1.54) is 4.90 Å². The summed E-state index contributed by atoms with van der Waals surface area (Å²) in [5.41, 5.74) is 13.5. The molecule has 73 heavy (non-hydrogen) atoms. The molecule has 388 valence electrons. The van der Waals surface area contributed by atoms with E-state index < -0.39 is 29.5 Å². The van der Waals surface area contributed by atoms with Gasteiger partial charge in [0.2, 0.25) is 23.6 Å². The highest BCUT2D eigenvalue weighted by molar-refractivity contribution is 7.13. The molecule has 4 amide bonds. The number of aryl methyl sites for hydroxylation is 1. The molecule has 17 nitrogen and oxygen atoms in total. The molecule has 5 heterocycles. The Balaban J connectivity index is 0.742. The van der Waals surface area contributed by atoms with E-state index in [-0.39, 0.29) is 60.8 Å². The number of nitrogen functional groups attached to an aromatic ring is 1. The molecule has 0 bridgehead atoms. The van der Waals surface area contributed by atoms with Crippen LogP contribution in [0.5, 0.6) is 11.5 Å². The number of carbonyl (C=O) groups excluding carboxylic acids is 4. The number of carbonyl (C=O) groups is 4. The third-order valence-corrected chi connectivity index (χ3v) is 15.2. The van der Waals surface area contributed by atoms with Crippen molar-refractivity contribution < 1.29 is 34.1 Å². The maximum atomic E-state index is 14.2. The van der Waals surface area contributed by atoms with Crippen molar-refractivity contribution in [2.45, 2.75) is 116 Å². The van der Waals surface area contributed by atoms with Crippen molar-refractivity contribution in [3.05, 3.63) is 95.6 Å². The van der Waals surface area contributed by atoms with Crippen LogP contribution in [0.1, 0.15) is 96.4 Å². The molecule has 0 spiro atoms. The topological polar surface area (TPSA) is 220 Å². The molecule has 3 aliphatic rings. The number of para-hydroxylation sites is 1. The van der Waals surface area contributed by atoms with Gasteiger partial charge in [0.1, 0.15) is 29.6 Å². The van der Waals surface area contributed by atoms with Crippen molar-refractivity contribution in [1.82, 2.24) is 35.6 Å². The summed E-state index contributed by atoms with van der Waals surface area (Å²) in [4.78, 5) is 67.9. The van der Waals surface area contributed by atoms with E-state index in [0.29, 0.717) is 62.3 Å². The predicted molar refractivity (Wildman–Crippen MR) is 284 cm³/mol. The number of rotatable bonds is 17. The van der Waals surface area contributed by atoms with Gasteiger partial charge in [-0.2, -0.15) is 0 Å². The van der Waals surface area contributed by atoms with Gasteiger partial charge >= 0.3 is 0 Å². The first-order chi connectivity index (χ1) is 35.0. The summed E-state index contributed by atoms with van der Waals surface area (Å²) in [6.07, 6.45) is 3.46. The second-order valence-corrected chi connectivity index (χ2v) is 21.5. The summed E-state index contributed by atoms with van der Waals surface area (Å²) in [6, 6.07) is 23.1. The van der Waals surface area contributed by atoms with Gasteiger partial charge in [-0.05, 0) is 92.5 Å². The zero-order valence-corrected chi connectivity index (χ0v) is 43.4. The molecule has 6 N–H and O–H groups in total. The summed E-state index contributed by atoms with van der Waals surface area (Å²) in [7, 11) is 0. The Morgan fingerprint density at radius 2 is 1.56 bits per heavy atom. The van der Waals surface area contributed by atoms with Crippen molar-refractivity contribution >= 4 is 52.2 Å². The van der Waals surface area contributed by atoms with Crippen molar-refractivity contribution in [2.75, 3.05) is 61.3 Å². The number of unbranched alkanes of at least 4 members (excludes halogenated alkanes) is 2. The number of thiazole rings is 1. The maximum absolute atomic E-state index is 14.2. The van der Waals surface area contributed by atoms with E-state index in [4.69, 9.17) is 10.5 Å². The molecule has 0 saturated carbocycles. The van der Waals surface area contributed by atoms with Crippen molar-refractivity contribution in [2.24, 2.45) is 5.41 Å². The average molecular weight is 1020 g/mol. The first-order valence-electron chi connectivity index (χ1n) is 25.6. The normalized spacial score (nSPS) is 19.1. The van der Waals surface area contributed by atoms with Crippen LogP contribution in [0.15, 0.2) is 84.4 Å². The first kappa shape index (κ1) is 52.5. The van der Waals surface area contributed by atoms with Crippen molar-refractivity contribution in [1.29, 1.82) is 0 Å². The summed E-state index contributed by atoms with van der Waals surface area (Å²) in [5.74, 6) is -0.155. The molecule has 5 unspecified atom stereocenters. The van der Waals surface area contributed by atoms with Crippen molar-refractivity contribution in [3.63, 3.8) is 0 Å². The van der Waals surface area contributed by atoms with Crippen LogP contribution in [0.25, 0.3) is 21.7 Å². The van der Waals surface area contributed by atoms with Gasteiger partial charge in [-0.25, -0.2) is 4.98 Å². The molecular weight excluding hydrogens is 945 g/mol. The number of anilines is 3. The highest BCUT2D eigenvalue weighted by Gasteiger charge is 2.44. The molecule has 3 fully saturated rings. The number of aliphatic hydroxyl groups excluding tert-OH is 1. The van der Waals surface area contributed by atoms with Crippen LogP contribution in [0.4, 0.5) is 17.2 Å². The zero-order valence-electron chi connectivity index (χ0n) is 42.6. The number of piperidine rings is 1. The number of benzene rings is 3. The minimum atomic E-state index is -0.910. The molecule has 3 aromatic carbocycles. The highest BCUT2D eigenvalue weighted by atomic mass is 32.1. The molecule has 8 rings (SSSR count). The average Bonchev–Trinajstić information content (AvgIpc) is 4.01. The lowest BCUT2D eigenvalue weighted by atomic mass is 9.85. The van der Waals surface area contributed by atoms with E-state index in [9.17, 15) is 29.4 Å². The maximum Gasteiger partial charge on any atom is 0.246 e. The fourth-order valence-electron chi connectivity index (χ4n) is 9.98. The molecular formula is C55H70N10O7S. The van der Waals surface area contributed by atoms with Gasteiger partial charge in [0.25, 0.3) is 0 Å². The molecule has 5 atom stereocenters. The lowest BCUT2D eigenvalue weighted by Crippen LogP contribution is -2.57. The van der Waals surface area contributed by atoms with Gasteiger partial charge in [0.05, 0.1) is 34.8 Å². The number of aromatic hydroxyl groups is 1. The number of piperazine rings is 1. The third-order valence-electron chi connectivity index (χ3n) is 14.2. The summed E-state index contributed by atoms with van der Waals surface area (Å²) >= 11 is 1.58. The number of likely N-dealkylation sites (tertiary alicyclic amines) is 1. The number of phenols is 1. The number of amides is 4. The van der Waals surface area contributed by atoms with Crippen LogP contribution in [-0.2, 0) is 19.2 Å². The number of aliphatic hydroxyl groups is 1. The van der Waals surface area contributed by atoms with Crippen molar-refractivity contribution in [3.8, 4) is 33.2 Å².